The monoisotopic (exact) mass is 1900 g/mol. The van der Waals surface area contributed by atoms with E-state index in [4.69, 9.17) is 18.8 Å². The van der Waals surface area contributed by atoms with Crippen molar-refractivity contribution in [2.24, 2.45) is 0 Å². The van der Waals surface area contributed by atoms with Crippen molar-refractivity contribution in [3.8, 4) is 123 Å². The van der Waals surface area contributed by atoms with Gasteiger partial charge in [-0.15, -0.1) is 0 Å². The van der Waals surface area contributed by atoms with Gasteiger partial charge in [-0.2, -0.15) is 0 Å². The molecule has 0 atom stereocenters. The lowest BCUT2D eigenvalue weighted by Crippen LogP contribution is -1.93. The average molecular weight is 1900 g/mol. The predicted octanol–water partition coefficient (Wildman–Crippen LogP) is 41.0. The third kappa shape index (κ3) is 14.7. The molecular formula is C146H90N2O2. The highest BCUT2D eigenvalue weighted by Crippen LogP contribution is 2.54. The number of aromatic nitrogens is 2. The van der Waals surface area contributed by atoms with Crippen LogP contribution in [0.4, 0.5) is 0 Å². The van der Waals surface area contributed by atoms with Gasteiger partial charge in [-0.25, -0.2) is 9.97 Å². The third-order valence-corrected chi connectivity index (χ3v) is 30.9. The molecule has 0 saturated heterocycles. The Balaban J connectivity index is 0.000000106. The van der Waals surface area contributed by atoms with Crippen LogP contribution in [0.1, 0.15) is 0 Å². The number of hydrogen-bond donors (Lipinski definition) is 0. The van der Waals surface area contributed by atoms with Crippen molar-refractivity contribution in [2.45, 2.75) is 0 Å². The van der Waals surface area contributed by atoms with E-state index in [1.165, 1.54) is 229 Å². The lowest BCUT2D eigenvalue weighted by Gasteiger charge is -2.20. The minimum absolute atomic E-state index is 0.637. The molecule has 0 unspecified atom stereocenters. The lowest BCUT2D eigenvalue weighted by molar-refractivity contribution is 0.623. The van der Waals surface area contributed by atoms with E-state index in [9.17, 15) is 0 Å². The van der Waals surface area contributed by atoms with Crippen LogP contribution in [0.2, 0.25) is 0 Å². The molecule has 29 aromatic carbocycles. The summed E-state index contributed by atoms with van der Waals surface area (Å²) in [5.74, 6) is 1.27. The molecule has 0 amide bonds. The molecule has 4 nitrogen and oxygen atoms in total. The highest BCUT2D eigenvalue weighted by atomic mass is 16.4. The summed E-state index contributed by atoms with van der Waals surface area (Å²) in [6.07, 6.45) is 0. The van der Waals surface area contributed by atoms with E-state index in [1.807, 2.05) is 60.7 Å². The molecule has 4 heteroatoms. The number of rotatable bonds is 11. The van der Waals surface area contributed by atoms with Crippen molar-refractivity contribution in [3.63, 3.8) is 0 Å². The molecule has 2 heterocycles. The molecule has 31 rings (SSSR count). The van der Waals surface area contributed by atoms with Gasteiger partial charge < -0.3 is 8.83 Å². The zero-order valence-electron chi connectivity index (χ0n) is 81.7. The molecule has 0 aliphatic carbocycles. The SMILES string of the molecule is c1ccc(-c2ccc3cccc(-c4c5ccccc5c(-c5cc6ccc7nc(-c8ccccc8)oc7c6c6ccccc56)c5ccccc45)c3c2)cc1.c1ccc(-c2ccc3cccc(-c4c5ccccc5c(-c5ccc6c(ccc7ccccc76)c5)c5ccccc45)c3c2)cc1.c1ccc(-c2ccc3cccc(-c4c5ccccc5c(-c5ccc6ccc7ccc8nc(-c9ccccc9)oc8c7c6c5)c5ccccc45)c3c2)cc1. The van der Waals surface area contributed by atoms with Crippen molar-refractivity contribution in [2.75, 3.05) is 0 Å². The maximum atomic E-state index is 6.59. The van der Waals surface area contributed by atoms with E-state index in [0.717, 1.165) is 65.6 Å². The highest BCUT2D eigenvalue weighted by molar-refractivity contribution is 6.32. The van der Waals surface area contributed by atoms with Gasteiger partial charge in [-0.05, 0) is 324 Å². The van der Waals surface area contributed by atoms with Gasteiger partial charge in [0.05, 0.1) is 0 Å². The minimum Gasteiger partial charge on any atom is -0.435 e. The Kier molecular flexibility index (Phi) is 21.0. The maximum Gasteiger partial charge on any atom is 0.227 e. The van der Waals surface area contributed by atoms with Crippen molar-refractivity contribution in [1.82, 2.24) is 9.97 Å². The Hall–Kier alpha value is -19.8. The highest BCUT2D eigenvalue weighted by Gasteiger charge is 2.27. The molecule has 2 aromatic heterocycles. The molecule has 150 heavy (non-hydrogen) atoms. The minimum atomic E-state index is 0.637. The van der Waals surface area contributed by atoms with Crippen molar-refractivity contribution < 1.29 is 8.83 Å². The Morgan fingerprint density at radius 2 is 0.373 bits per heavy atom. The van der Waals surface area contributed by atoms with E-state index >= 15 is 0 Å². The molecule has 0 aliphatic heterocycles. The van der Waals surface area contributed by atoms with Crippen LogP contribution < -0.4 is 0 Å². The van der Waals surface area contributed by atoms with Crippen LogP contribution in [-0.2, 0) is 0 Å². The Morgan fingerprint density at radius 1 is 0.120 bits per heavy atom. The molecule has 0 fully saturated rings. The van der Waals surface area contributed by atoms with Crippen LogP contribution in [0.5, 0.6) is 0 Å². The van der Waals surface area contributed by atoms with Gasteiger partial charge in [-0.1, -0.05) is 473 Å². The van der Waals surface area contributed by atoms with E-state index in [2.05, 4.69) is 485 Å². The summed E-state index contributed by atoms with van der Waals surface area (Å²) in [6, 6.07) is 198. The predicted molar refractivity (Wildman–Crippen MR) is 637 cm³/mol. The summed E-state index contributed by atoms with van der Waals surface area (Å²) in [6.45, 7) is 0. The van der Waals surface area contributed by atoms with E-state index in [-0.39, 0.29) is 0 Å². The van der Waals surface area contributed by atoms with Crippen LogP contribution in [-0.4, -0.2) is 9.97 Å². The summed E-state index contributed by atoms with van der Waals surface area (Å²) < 4.78 is 13.2. The van der Waals surface area contributed by atoms with Gasteiger partial charge in [-0.3, -0.25) is 0 Å². The Labute approximate surface area is 865 Å². The first-order chi connectivity index (χ1) is 74.4. The normalized spacial score (nSPS) is 11.7. The van der Waals surface area contributed by atoms with Gasteiger partial charge in [0.2, 0.25) is 11.8 Å². The van der Waals surface area contributed by atoms with Crippen molar-refractivity contribution in [3.05, 3.63) is 546 Å². The molecule has 0 aliphatic rings. The van der Waals surface area contributed by atoms with Gasteiger partial charge in [0.15, 0.2) is 11.2 Å². The van der Waals surface area contributed by atoms with E-state index < -0.39 is 0 Å². The number of oxazole rings is 2. The van der Waals surface area contributed by atoms with E-state index in [1.54, 1.807) is 0 Å². The summed E-state index contributed by atoms with van der Waals surface area (Å²) in [7, 11) is 0. The lowest BCUT2D eigenvalue weighted by atomic mass is 9.83. The number of nitrogens with zero attached hydrogens (tertiary/aromatic N) is 2. The summed E-state index contributed by atoms with van der Waals surface area (Å²) in [5, 5.41) is 36.7. The Bertz CT molecular complexity index is 10700. The topological polar surface area (TPSA) is 52.1 Å². The van der Waals surface area contributed by atoms with Crippen molar-refractivity contribution in [1.29, 1.82) is 0 Å². The number of hydrogen-bond acceptors (Lipinski definition) is 4. The maximum absolute atomic E-state index is 6.59. The first kappa shape index (κ1) is 86.9. The number of fused-ring (bicyclic) bond motifs is 22. The van der Waals surface area contributed by atoms with E-state index in [0.29, 0.717) is 11.8 Å². The zero-order chi connectivity index (χ0) is 98.8. The van der Waals surface area contributed by atoms with Gasteiger partial charge >= 0.3 is 0 Å². The molecule has 31 aromatic rings. The summed E-state index contributed by atoms with van der Waals surface area (Å²) >= 11 is 0. The molecule has 0 bridgehead atoms. The molecule has 0 N–H and O–H groups in total. The van der Waals surface area contributed by atoms with Crippen LogP contribution >= 0.6 is 0 Å². The fourth-order valence-corrected chi connectivity index (χ4v) is 24.1. The quantitative estimate of drug-likeness (QED) is 0.0957. The molecule has 696 valence electrons. The zero-order valence-corrected chi connectivity index (χ0v) is 81.7. The van der Waals surface area contributed by atoms with Crippen LogP contribution in [0.15, 0.2) is 555 Å². The molecule has 0 saturated carbocycles. The van der Waals surface area contributed by atoms with Gasteiger partial charge in [0, 0.05) is 21.9 Å². The smallest absolute Gasteiger partial charge is 0.227 e. The standard InChI is InChI=1S/2C51H31NO.C44H28/c1-3-12-32(13-4-1)37-26-23-33-16-11-21-43(44(33)30-37)49-41-19-9-7-17-39(41)47(40-18-8-10-20-42(40)49)38-27-24-34-22-25-35-28-29-46-50(48(35)45(34)31-38)53-51(52-46)36-14-5-2-6-15-36;1-3-14-32(15-4-1)35-27-26-33-18-13-25-43(44(33)30-35)48-39-21-9-11-23-41(39)49(42-24-12-10-22-40(42)48)45-31-36-28-29-46-50(47(36)38-20-8-7-19-37(38)45)53-51(52-46)34-16-5-2-6-17-34;1-2-11-29(12-3-1)32-23-21-31-14-10-20-41(42(31)28-32)44-39-18-8-6-16-37(39)43(38-17-7-9-19-40(38)44)34-25-26-36-33(27-34)24-22-30-13-4-5-15-35(30)36/h2*1-31H;1-28H. The van der Waals surface area contributed by atoms with Gasteiger partial charge in [0.25, 0.3) is 0 Å². The van der Waals surface area contributed by atoms with Crippen molar-refractivity contribution >= 4 is 184 Å². The van der Waals surface area contributed by atoms with Crippen LogP contribution in [0, 0.1) is 0 Å². The largest absolute Gasteiger partial charge is 0.435 e. The summed E-state index contributed by atoms with van der Waals surface area (Å²) in [4.78, 5) is 9.84. The Morgan fingerprint density at radius 3 is 0.773 bits per heavy atom. The van der Waals surface area contributed by atoms with Crippen LogP contribution in [0.3, 0.4) is 0 Å². The van der Waals surface area contributed by atoms with Crippen LogP contribution in [0.25, 0.3) is 307 Å². The fourth-order valence-electron chi connectivity index (χ4n) is 24.1. The number of benzene rings is 29. The first-order valence-corrected chi connectivity index (χ1v) is 51.5. The molecule has 0 spiro atoms. The second-order valence-electron chi connectivity index (χ2n) is 39.3. The second kappa shape index (κ2) is 36.2. The second-order valence-corrected chi connectivity index (χ2v) is 39.3. The molecular weight excluding hydrogens is 1810 g/mol. The fraction of sp³-hybridized carbons (Fsp3) is 0. The molecule has 0 radical (unpaired) electrons. The average Bonchev–Trinajstić information content (AvgIpc) is 0.786. The first-order valence-electron chi connectivity index (χ1n) is 51.5. The summed E-state index contributed by atoms with van der Waals surface area (Å²) in [5.41, 5.74) is 27.6. The van der Waals surface area contributed by atoms with Gasteiger partial charge in [0.1, 0.15) is 11.0 Å². The third-order valence-electron chi connectivity index (χ3n) is 30.9.